The number of nitrogens with one attached hydrogen (secondary N) is 1. The lowest BCUT2D eigenvalue weighted by Gasteiger charge is -2.17. The molecule has 2 aromatic heterocycles. The maximum absolute atomic E-state index is 12.4. The van der Waals surface area contributed by atoms with Crippen LogP contribution in [0.2, 0.25) is 0 Å². The lowest BCUT2D eigenvalue weighted by Crippen LogP contribution is -2.33. The van der Waals surface area contributed by atoms with E-state index in [0.29, 0.717) is 11.0 Å². The van der Waals surface area contributed by atoms with Crippen LogP contribution in [0.4, 0.5) is 0 Å². The summed E-state index contributed by atoms with van der Waals surface area (Å²) in [6.45, 7) is 6.45. The molecule has 1 aliphatic rings. The molecule has 1 unspecified atom stereocenters. The van der Waals surface area contributed by atoms with E-state index in [9.17, 15) is 4.79 Å². The Kier molecular flexibility index (Phi) is 3.23. The molecule has 1 N–H and O–H groups in total. The lowest BCUT2D eigenvalue weighted by atomic mass is 9.92. The summed E-state index contributed by atoms with van der Waals surface area (Å²) < 4.78 is 1.74. The van der Waals surface area contributed by atoms with Crippen molar-refractivity contribution in [2.75, 3.05) is 0 Å². The van der Waals surface area contributed by atoms with E-state index in [0.717, 1.165) is 36.0 Å². The SMILES string of the molecule is Cc1nn(C)c2ncc(C(=O)NC3CCC(C)(C)C3)cc12. The van der Waals surface area contributed by atoms with E-state index in [1.165, 1.54) is 0 Å². The summed E-state index contributed by atoms with van der Waals surface area (Å²) in [5, 5.41) is 8.41. The highest BCUT2D eigenvalue weighted by Gasteiger charge is 2.31. The molecule has 5 nitrogen and oxygen atoms in total. The average Bonchev–Trinajstić information content (AvgIpc) is 2.90. The Hall–Kier alpha value is -1.91. The number of aryl methyl sites for hydroxylation is 2. The van der Waals surface area contributed by atoms with Gasteiger partial charge in [0.2, 0.25) is 0 Å². The summed E-state index contributed by atoms with van der Waals surface area (Å²) in [4.78, 5) is 16.8. The minimum Gasteiger partial charge on any atom is -0.349 e. The Balaban J connectivity index is 1.80. The van der Waals surface area contributed by atoms with E-state index >= 15 is 0 Å². The molecule has 21 heavy (non-hydrogen) atoms. The van der Waals surface area contributed by atoms with Crippen molar-refractivity contribution in [1.82, 2.24) is 20.1 Å². The fourth-order valence-corrected chi connectivity index (χ4v) is 3.26. The van der Waals surface area contributed by atoms with Gasteiger partial charge in [-0.15, -0.1) is 0 Å². The Morgan fingerprint density at radius 1 is 1.48 bits per heavy atom. The lowest BCUT2D eigenvalue weighted by molar-refractivity contribution is 0.0936. The smallest absolute Gasteiger partial charge is 0.253 e. The van der Waals surface area contributed by atoms with Crippen LogP contribution in [0.25, 0.3) is 11.0 Å². The average molecular weight is 286 g/mol. The van der Waals surface area contributed by atoms with Crippen LogP contribution >= 0.6 is 0 Å². The molecule has 1 amide bonds. The summed E-state index contributed by atoms with van der Waals surface area (Å²) in [5.74, 6) is -0.0321. The largest absolute Gasteiger partial charge is 0.349 e. The first-order chi connectivity index (χ1) is 9.85. The van der Waals surface area contributed by atoms with Crippen molar-refractivity contribution in [1.29, 1.82) is 0 Å². The van der Waals surface area contributed by atoms with Crippen molar-refractivity contribution >= 4 is 16.9 Å². The number of fused-ring (bicyclic) bond motifs is 1. The van der Waals surface area contributed by atoms with Crippen LogP contribution in [0, 0.1) is 12.3 Å². The van der Waals surface area contributed by atoms with E-state index in [1.54, 1.807) is 10.9 Å². The van der Waals surface area contributed by atoms with Crippen molar-refractivity contribution in [2.45, 2.75) is 46.1 Å². The first kappa shape index (κ1) is 14.0. The van der Waals surface area contributed by atoms with Gasteiger partial charge in [-0.2, -0.15) is 5.10 Å². The van der Waals surface area contributed by atoms with Crippen LogP contribution < -0.4 is 5.32 Å². The first-order valence-corrected chi connectivity index (χ1v) is 7.46. The number of carbonyl (C=O) groups is 1. The van der Waals surface area contributed by atoms with Gasteiger partial charge in [0.15, 0.2) is 5.65 Å². The normalized spacial score (nSPS) is 20.9. The Labute approximate surface area is 124 Å². The maximum atomic E-state index is 12.4. The Morgan fingerprint density at radius 3 is 2.90 bits per heavy atom. The molecule has 1 fully saturated rings. The number of rotatable bonds is 2. The zero-order valence-electron chi connectivity index (χ0n) is 13.1. The molecule has 2 aromatic rings. The molecule has 112 valence electrons. The molecule has 0 aliphatic heterocycles. The third kappa shape index (κ3) is 2.64. The fourth-order valence-electron chi connectivity index (χ4n) is 3.26. The second-order valence-electron chi connectivity index (χ2n) is 6.88. The van der Waals surface area contributed by atoms with Crippen molar-refractivity contribution in [3.63, 3.8) is 0 Å². The number of aromatic nitrogens is 3. The summed E-state index contributed by atoms with van der Waals surface area (Å²) in [6.07, 6.45) is 4.90. The molecule has 5 heteroatoms. The zero-order valence-corrected chi connectivity index (χ0v) is 13.1. The minimum absolute atomic E-state index is 0.0321. The van der Waals surface area contributed by atoms with E-state index in [4.69, 9.17) is 0 Å². The highest BCUT2D eigenvalue weighted by atomic mass is 16.1. The molecule has 0 radical (unpaired) electrons. The zero-order chi connectivity index (χ0) is 15.2. The molecule has 0 bridgehead atoms. The van der Waals surface area contributed by atoms with Gasteiger partial charge in [0.25, 0.3) is 5.91 Å². The van der Waals surface area contributed by atoms with Crippen molar-refractivity contribution in [3.05, 3.63) is 23.5 Å². The number of amides is 1. The third-order valence-electron chi connectivity index (χ3n) is 4.43. The number of carbonyl (C=O) groups excluding carboxylic acids is 1. The standard InChI is InChI=1S/C16H22N4O/c1-10-13-7-11(9-17-14(13)20(4)19-10)15(21)18-12-5-6-16(2,3)8-12/h7,9,12H,5-6,8H2,1-4H3,(H,18,21). The van der Waals surface area contributed by atoms with Crippen LogP contribution in [0.5, 0.6) is 0 Å². The Morgan fingerprint density at radius 2 is 2.24 bits per heavy atom. The predicted molar refractivity (Wildman–Crippen MR) is 82.1 cm³/mol. The van der Waals surface area contributed by atoms with E-state index < -0.39 is 0 Å². The summed E-state index contributed by atoms with van der Waals surface area (Å²) in [6, 6.07) is 2.17. The molecular formula is C16H22N4O. The van der Waals surface area contributed by atoms with E-state index in [1.807, 2.05) is 20.0 Å². The van der Waals surface area contributed by atoms with Crippen LogP contribution in [0.3, 0.4) is 0 Å². The van der Waals surface area contributed by atoms with Crippen LogP contribution in [0.1, 0.15) is 49.2 Å². The Bertz CT molecular complexity index is 702. The van der Waals surface area contributed by atoms with Gasteiger partial charge in [-0.05, 0) is 37.7 Å². The van der Waals surface area contributed by atoms with E-state index in [-0.39, 0.29) is 11.9 Å². The topological polar surface area (TPSA) is 59.8 Å². The minimum atomic E-state index is -0.0321. The molecule has 1 aliphatic carbocycles. The third-order valence-corrected chi connectivity index (χ3v) is 4.43. The van der Waals surface area contributed by atoms with E-state index in [2.05, 4.69) is 29.2 Å². The molecule has 1 atom stereocenters. The second kappa shape index (κ2) is 4.83. The van der Waals surface area contributed by atoms with Crippen LogP contribution in [-0.2, 0) is 7.05 Å². The maximum Gasteiger partial charge on any atom is 0.253 e. The van der Waals surface area contributed by atoms with Crippen molar-refractivity contribution in [3.8, 4) is 0 Å². The quantitative estimate of drug-likeness (QED) is 0.923. The van der Waals surface area contributed by atoms with Gasteiger partial charge in [0, 0.05) is 24.7 Å². The number of hydrogen-bond donors (Lipinski definition) is 1. The number of pyridine rings is 1. The molecule has 3 rings (SSSR count). The van der Waals surface area contributed by atoms with Crippen LogP contribution in [-0.4, -0.2) is 26.7 Å². The van der Waals surface area contributed by atoms with Crippen molar-refractivity contribution in [2.24, 2.45) is 12.5 Å². The van der Waals surface area contributed by atoms with Gasteiger partial charge in [0.05, 0.1) is 11.3 Å². The van der Waals surface area contributed by atoms with Crippen LogP contribution in [0.15, 0.2) is 12.3 Å². The summed E-state index contributed by atoms with van der Waals surface area (Å²) in [7, 11) is 1.86. The molecule has 0 aromatic carbocycles. The molecule has 0 spiro atoms. The molecule has 1 saturated carbocycles. The first-order valence-electron chi connectivity index (χ1n) is 7.46. The van der Waals surface area contributed by atoms with Gasteiger partial charge in [0.1, 0.15) is 0 Å². The van der Waals surface area contributed by atoms with Gasteiger partial charge < -0.3 is 5.32 Å². The highest BCUT2D eigenvalue weighted by molar-refractivity contribution is 5.97. The number of hydrogen-bond acceptors (Lipinski definition) is 3. The van der Waals surface area contributed by atoms with Gasteiger partial charge in [-0.1, -0.05) is 13.8 Å². The number of nitrogens with zero attached hydrogens (tertiary/aromatic N) is 3. The van der Waals surface area contributed by atoms with Crippen molar-refractivity contribution < 1.29 is 4.79 Å². The molecule has 2 heterocycles. The molecular weight excluding hydrogens is 264 g/mol. The van der Waals surface area contributed by atoms with Gasteiger partial charge >= 0.3 is 0 Å². The molecule has 0 saturated heterocycles. The fraction of sp³-hybridized carbons (Fsp3) is 0.562. The monoisotopic (exact) mass is 286 g/mol. The summed E-state index contributed by atoms with van der Waals surface area (Å²) in [5.41, 5.74) is 2.66. The second-order valence-corrected chi connectivity index (χ2v) is 6.88. The summed E-state index contributed by atoms with van der Waals surface area (Å²) >= 11 is 0. The highest BCUT2D eigenvalue weighted by Crippen LogP contribution is 2.37. The van der Waals surface area contributed by atoms with Gasteiger partial charge in [-0.25, -0.2) is 4.98 Å². The predicted octanol–water partition coefficient (Wildman–Crippen LogP) is 2.59. The van der Waals surface area contributed by atoms with Gasteiger partial charge in [-0.3, -0.25) is 9.48 Å².